The quantitative estimate of drug-likeness (QED) is 0.695. The number of hydrogen-bond donors (Lipinski definition) is 1. The average molecular weight is 212 g/mol. The van der Waals surface area contributed by atoms with E-state index < -0.39 is 34.2 Å². The Morgan fingerprint density at radius 3 is 2.46 bits per heavy atom. The predicted octanol–water partition coefficient (Wildman–Crippen LogP) is 0.481. The number of carboxylic acids is 1. The molecule has 0 aromatic rings. The highest BCUT2D eigenvalue weighted by Crippen LogP contribution is 2.03. The van der Waals surface area contributed by atoms with Gasteiger partial charge < -0.3 is 5.11 Å². The molecular formula is C7H13FO4S. The van der Waals surface area contributed by atoms with E-state index in [1.54, 1.807) is 0 Å². The lowest BCUT2D eigenvalue weighted by Crippen LogP contribution is -2.23. The Morgan fingerprint density at radius 2 is 2.08 bits per heavy atom. The van der Waals surface area contributed by atoms with Crippen molar-refractivity contribution < 1.29 is 22.7 Å². The van der Waals surface area contributed by atoms with E-state index in [0.717, 1.165) is 0 Å². The molecular weight excluding hydrogens is 199 g/mol. The fourth-order valence-electron chi connectivity index (χ4n) is 0.810. The summed E-state index contributed by atoms with van der Waals surface area (Å²) in [6, 6.07) is 0. The van der Waals surface area contributed by atoms with Crippen molar-refractivity contribution in [3.8, 4) is 0 Å². The molecule has 0 aromatic carbocycles. The fourth-order valence-corrected chi connectivity index (χ4v) is 2.43. The first kappa shape index (κ1) is 12.3. The van der Waals surface area contributed by atoms with Crippen LogP contribution in [0.25, 0.3) is 0 Å². The molecule has 0 heterocycles. The highest BCUT2D eigenvalue weighted by atomic mass is 32.2. The summed E-state index contributed by atoms with van der Waals surface area (Å²) in [6.07, 6.45) is -0.0608. The summed E-state index contributed by atoms with van der Waals surface area (Å²) in [4.78, 5) is 10.3. The minimum Gasteiger partial charge on any atom is -0.481 e. The van der Waals surface area contributed by atoms with E-state index in [2.05, 4.69) is 0 Å². The highest BCUT2D eigenvalue weighted by Gasteiger charge is 2.20. The molecule has 0 radical (unpaired) electrons. The Hall–Kier alpha value is -0.650. The van der Waals surface area contributed by atoms with Crippen LogP contribution in [0.4, 0.5) is 4.39 Å². The molecule has 0 aliphatic heterocycles. The minimum absolute atomic E-state index is 0.0608. The van der Waals surface area contributed by atoms with Gasteiger partial charge in [0.25, 0.3) is 0 Å². The molecule has 0 aromatic heterocycles. The van der Waals surface area contributed by atoms with E-state index in [4.69, 9.17) is 5.11 Å². The number of sulfone groups is 1. The standard InChI is InChI=1S/C7H13FO4S/c1-6(7(9)10)5-13(11,12)4-2-3-8/h6H,2-5H2,1H3,(H,9,10). The molecule has 0 saturated heterocycles. The minimum atomic E-state index is -3.41. The van der Waals surface area contributed by atoms with Crippen LogP contribution >= 0.6 is 0 Å². The first-order valence-electron chi connectivity index (χ1n) is 3.88. The summed E-state index contributed by atoms with van der Waals surface area (Å²) in [6.45, 7) is 0.621. The predicted molar refractivity (Wildman–Crippen MR) is 46.0 cm³/mol. The largest absolute Gasteiger partial charge is 0.481 e. The van der Waals surface area contributed by atoms with Crippen LogP contribution in [0.15, 0.2) is 0 Å². The lowest BCUT2D eigenvalue weighted by atomic mass is 10.2. The maximum atomic E-state index is 11.6. The molecule has 6 heteroatoms. The molecule has 13 heavy (non-hydrogen) atoms. The van der Waals surface area contributed by atoms with Gasteiger partial charge >= 0.3 is 5.97 Å². The zero-order chi connectivity index (χ0) is 10.5. The molecule has 1 unspecified atom stereocenters. The molecule has 4 nitrogen and oxygen atoms in total. The van der Waals surface area contributed by atoms with Crippen molar-refractivity contribution in [3.05, 3.63) is 0 Å². The van der Waals surface area contributed by atoms with E-state index in [1.807, 2.05) is 0 Å². The number of carbonyl (C=O) groups is 1. The second-order valence-corrected chi connectivity index (χ2v) is 5.12. The molecule has 0 rings (SSSR count). The number of alkyl halides is 1. The molecule has 1 atom stereocenters. The van der Waals surface area contributed by atoms with Gasteiger partial charge in [-0.25, -0.2) is 8.42 Å². The van der Waals surface area contributed by atoms with Crippen molar-refractivity contribution in [1.29, 1.82) is 0 Å². The Labute approximate surface area is 76.7 Å². The van der Waals surface area contributed by atoms with Crippen LogP contribution < -0.4 is 0 Å². The van der Waals surface area contributed by atoms with E-state index in [-0.39, 0.29) is 12.2 Å². The van der Waals surface area contributed by atoms with Gasteiger partial charge in [-0.1, -0.05) is 6.92 Å². The molecule has 1 N–H and O–H groups in total. The fraction of sp³-hybridized carbons (Fsp3) is 0.857. The molecule has 78 valence electrons. The Morgan fingerprint density at radius 1 is 1.54 bits per heavy atom. The van der Waals surface area contributed by atoms with Gasteiger partial charge in [0.15, 0.2) is 9.84 Å². The first-order valence-corrected chi connectivity index (χ1v) is 5.70. The average Bonchev–Trinajstić information content (AvgIpc) is 2.00. The van der Waals surface area contributed by atoms with Crippen LogP contribution in [0.3, 0.4) is 0 Å². The molecule has 0 amide bonds. The zero-order valence-corrected chi connectivity index (χ0v) is 8.18. The van der Waals surface area contributed by atoms with E-state index in [1.165, 1.54) is 6.92 Å². The smallest absolute Gasteiger partial charge is 0.307 e. The Bertz CT molecular complexity index is 260. The summed E-state index contributed by atoms with van der Waals surface area (Å²) in [7, 11) is -3.41. The third-order valence-corrected chi connectivity index (χ3v) is 3.43. The SMILES string of the molecule is CC(CS(=O)(=O)CCCF)C(=O)O. The van der Waals surface area contributed by atoms with Gasteiger partial charge in [-0.15, -0.1) is 0 Å². The zero-order valence-electron chi connectivity index (χ0n) is 7.36. The van der Waals surface area contributed by atoms with Crippen molar-refractivity contribution in [2.24, 2.45) is 5.92 Å². The summed E-state index contributed by atoms with van der Waals surface area (Å²) in [5.74, 6) is -2.77. The van der Waals surface area contributed by atoms with E-state index >= 15 is 0 Å². The third kappa shape index (κ3) is 5.57. The summed E-state index contributed by atoms with van der Waals surface area (Å²) in [5, 5.41) is 8.43. The van der Waals surface area contributed by atoms with Crippen molar-refractivity contribution in [2.45, 2.75) is 13.3 Å². The summed E-state index contributed by atoms with van der Waals surface area (Å²) < 4.78 is 33.8. The molecule has 0 bridgehead atoms. The van der Waals surface area contributed by atoms with Crippen LogP contribution in [0.2, 0.25) is 0 Å². The monoisotopic (exact) mass is 212 g/mol. The number of hydrogen-bond acceptors (Lipinski definition) is 3. The van der Waals surface area contributed by atoms with Gasteiger partial charge in [0.2, 0.25) is 0 Å². The van der Waals surface area contributed by atoms with Crippen LogP contribution in [-0.2, 0) is 14.6 Å². The van der Waals surface area contributed by atoms with Gasteiger partial charge in [-0.05, 0) is 6.42 Å². The number of carboxylic acid groups (broad SMARTS) is 1. The van der Waals surface area contributed by atoms with Gasteiger partial charge in [0.1, 0.15) is 0 Å². The Kier molecular flexibility index (Phi) is 4.90. The van der Waals surface area contributed by atoms with E-state index in [0.29, 0.717) is 0 Å². The number of halogens is 1. The molecule has 0 fully saturated rings. The maximum Gasteiger partial charge on any atom is 0.307 e. The second kappa shape index (κ2) is 5.16. The third-order valence-electron chi connectivity index (χ3n) is 1.51. The number of aliphatic carboxylic acids is 1. The van der Waals surface area contributed by atoms with Gasteiger partial charge in [0, 0.05) is 0 Å². The van der Waals surface area contributed by atoms with Crippen LogP contribution in [0.5, 0.6) is 0 Å². The lowest BCUT2D eigenvalue weighted by Gasteiger charge is -2.06. The van der Waals surface area contributed by atoms with Gasteiger partial charge in [-0.2, -0.15) is 0 Å². The van der Waals surface area contributed by atoms with Crippen molar-refractivity contribution in [2.75, 3.05) is 18.2 Å². The van der Waals surface area contributed by atoms with E-state index in [9.17, 15) is 17.6 Å². The molecule has 0 aliphatic carbocycles. The Balaban J connectivity index is 4.10. The van der Waals surface area contributed by atoms with Crippen LogP contribution in [0, 0.1) is 5.92 Å². The maximum absolute atomic E-state index is 11.6. The van der Waals surface area contributed by atoms with Crippen LogP contribution in [0.1, 0.15) is 13.3 Å². The van der Waals surface area contributed by atoms with Crippen molar-refractivity contribution >= 4 is 15.8 Å². The van der Waals surface area contributed by atoms with Gasteiger partial charge in [-0.3, -0.25) is 9.18 Å². The molecule has 0 spiro atoms. The van der Waals surface area contributed by atoms with Crippen molar-refractivity contribution in [1.82, 2.24) is 0 Å². The summed E-state index contributed by atoms with van der Waals surface area (Å²) >= 11 is 0. The van der Waals surface area contributed by atoms with Gasteiger partial charge in [0.05, 0.1) is 24.1 Å². The lowest BCUT2D eigenvalue weighted by molar-refractivity contribution is -0.140. The summed E-state index contributed by atoms with van der Waals surface area (Å²) in [5.41, 5.74) is 0. The first-order chi connectivity index (χ1) is 5.89. The normalized spacial score (nSPS) is 14.0. The molecule has 0 saturated carbocycles. The van der Waals surface area contributed by atoms with Crippen molar-refractivity contribution in [3.63, 3.8) is 0 Å². The molecule has 0 aliphatic rings. The highest BCUT2D eigenvalue weighted by molar-refractivity contribution is 7.91. The van der Waals surface area contributed by atoms with Crippen LogP contribution in [-0.4, -0.2) is 37.7 Å². The number of rotatable bonds is 6. The second-order valence-electron chi connectivity index (χ2n) is 2.90. The topological polar surface area (TPSA) is 71.4 Å².